The van der Waals surface area contributed by atoms with Gasteiger partial charge in [-0.05, 0) is 45.2 Å². The minimum absolute atomic E-state index is 0.0130. The van der Waals surface area contributed by atoms with E-state index in [1.165, 1.54) is 6.07 Å². The molecule has 1 fully saturated rings. The van der Waals surface area contributed by atoms with Gasteiger partial charge in [0.2, 0.25) is 0 Å². The van der Waals surface area contributed by atoms with Crippen LogP contribution in [0.5, 0.6) is 0 Å². The van der Waals surface area contributed by atoms with Crippen molar-refractivity contribution in [2.24, 2.45) is 5.73 Å². The molecule has 1 aliphatic rings. The zero-order valence-electron chi connectivity index (χ0n) is 18.4. The van der Waals surface area contributed by atoms with Crippen LogP contribution in [0.1, 0.15) is 42.2 Å². The molecule has 1 atom stereocenters. The van der Waals surface area contributed by atoms with Crippen LogP contribution in [0.2, 0.25) is 0 Å². The van der Waals surface area contributed by atoms with Crippen LogP contribution in [0.3, 0.4) is 0 Å². The third kappa shape index (κ3) is 5.43. The SMILES string of the molecule is CCN/C(=C(\C=N)NC(=O)c1nc(-c2cc(C)ccc2F)sc1N)N1CCC[C@@H](N)CC1. The number of allylic oxidation sites excluding steroid dienone is 1. The zero-order chi connectivity index (χ0) is 23.3. The number of carbonyl (C=O) groups excluding carboxylic acids is 1. The van der Waals surface area contributed by atoms with Crippen molar-refractivity contribution >= 4 is 28.5 Å². The molecule has 32 heavy (non-hydrogen) atoms. The largest absolute Gasteiger partial charge is 0.389 e. The average Bonchev–Trinajstić information content (AvgIpc) is 3.02. The van der Waals surface area contributed by atoms with E-state index < -0.39 is 11.7 Å². The van der Waals surface area contributed by atoms with E-state index in [0.29, 0.717) is 28.6 Å². The minimum atomic E-state index is -0.543. The summed E-state index contributed by atoms with van der Waals surface area (Å²) >= 11 is 1.06. The van der Waals surface area contributed by atoms with E-state index in [1.807, 2.05) is 13.8 Å². The first-order valence-electron chi connectivity index (χ1n) is 10.7. The van der Waals surface area contributed by atoms with E-state index in [2.05, 4.69) is 20.5 Å². The Balaban J connectivity index is 1.88. The topological polar surface area (TPSA) is 133 Å². The van der Waals surface area contributed by atoms with Gasteiger partial charge in [0.25, 0.3) is 5.91 Å². The molecule has 8 nitrogen and oxygen atoms in total. The smallest absolute Gasteiger partial charge is 0.277 e. The van der Waals surface area contributed by atoms with Crippen LogP contribution in [0.25, 0.3) is 10.6 Å². The Bertz CT molecular complexity index is 1020. The number of hydrogen-bond acceptors (Lipinski definition) is 8. The van der Waals surface area contributed by atoms with Crippen molar-refractivity contribution in [1.29, 1.82) is 5.41 Å². The number of nitrogens with two attached hydrogens (primary N) is 2. The number of likely N-dealkylation sites (tertiary alicyclic amines) is 1. The third-order valence-electron chi connectivity index (χ3n) is 5.30. The van der Waals surface area contributed by atoms with Gasteiger partial charge in [-0.1, -0.05) is 23.0 Å². The Hall–Kier alpha value is -2.98. The minimum Gasteiger partial charge on any atom is -0.389 e. The molecular formula is C22H30FN7OS. The second kappa shape index (κ2) is 10.6. The molecule has 0 bridgehead atoms. The van der Waals surface area contributed by atoms with Crippen LogP contribution in [0.15, 0.2) is 29.7 Å². The fourth-order valence-corrected chi connectivity index (χ4v) is 4.50. The van der Waals surface area contributed by atoms with Gasteiger partial charge in [0.1, 0.15) is 21.6 Å². The van der Waals surface area contributed by atoms with Crippen LogP contribution in [-0.2, 0) is 0 Å². The summed E-state index contributed by atoms with van der Waals surface area (Å²) in [6.45, 7) is 5.94. The Kier molecular flexibility index (Phi) is 7.81. The number of benzene rings is 1. The van der Waals surface area contributed by atoms with Gasteiger partial charge in [0.05, 0.1) is 5.70 Å². The fourth-order valence-electron chi connectivity index (χ4n) is 3.65. The predicted molar refractivity (Wildman–Crippen MR) is 127 cm³/mol. The van der Waals surface area contributed by atoms with Crippen molar-refractivity contribution in [3.05, 3.63) is 46.8 Å². The number of nitrogen functional groups attached to an aromatic ring is 1. The molecule has 1 aromatic carbocycles. The third-order valence-corrected chi connectivity index (χ3v) is 6.22. The summed E-state index contributed by atoms with van der Waals surface area (Å²) in [5.41, 5.74) is 13.7. The van der Waals surface area contributed by atoms with Gasteiger partial charge in [-0.3, -0.25) is 4.79 Å². The number of amides is 1. The van der Waals surface area contributed by atoms with E-state index in [0.717, 1.165) is 55.5 Å². The van der Waals surface area contributed by atoms with Gasteiger partial charge < -0.3 is 32.4 Å². The van der Waals surface area contributed by atoms with E-state index in [1.54, 1.807) is 12.1 Å². The van der Waals surface area contributed by atoms with Crippen molar-refractivity contribution in [3.8, 4) is 10.6 Å². The molecule has 0 radical (unpaired) electrons. The number of nitrogens with one attached hydrogen (secondary N) is 3. The second-order valence-electron chi connectivity index (χ2n) is 7.78. The zero-order valence-corrected chi connectivity index (χ0v) is 19.2. The molecule has 7 N–H and O–H groups in total. The van der Waals surface area contributed by atoms with E-state index >= 15 is 0 Å². The number of aromatic nitrogens is 1. The first kappa shape index (κ1) is 23.7. The standard InChI is InChI=1S/C22H30FN7OS/c1-3-27-20(30-9-4-5-14(25)8-10-30)17(12-24)28-21(31)18-19(26)32-22(29-18)15-11-13(2)6-7-16(15)23/h6-7,11-12,14,24,27H,3-5,8-10,25-26H2,1-2H3,(H,28,31)/b20-17-,24-12?/t14-/m1/s1. The highest BCUT2D eigenvalue weighted by Crippen LogP contribution is 2.32. The van der Waals surface area contributed by atoms with Gasteiger partial charge in [-0.15, -0.1) is 0 Å². The number of rotatable bonds is 7. The number of hydrogen-bond donors (Lipinski definition) is 5. The van der Waals surface area contributed by atoms with E-state index in [-0.39, 0.29) is 16.7 Å². The summed E-state index contributed by atoms with van der Waals surface area (Å²) in [7, 11) is 0. The normalized spacial score (nSPS) is 17.4. The second-order valence-corrected chi connectivity index (χ2v) is 8.81. The van der Waals surface area contributed by atoms with E-state index in [4.69, 9.17) is 16.9 Å². The highest BCUT2D eigenvalue weighted by Gasteiger charge is 2.23. The molecule has 0 unspecified atom stereocenters. The number of carbonyl (C=O) groups is 1. The van der Waals surface area contributed by atoms with Gasteiger partial charge >= 0.3 is 0 Å². The predicted octanol–water partition coefficient (Wildman–Crippen LogP) is 2.81. The Morgan fingerprint density at radius 2 is 2.19 bits per heavy atom. The molecule has 3 rings (SSSR count). The monoisotopic (exact) mass is 459 g/mol. The van der Waals surface area contributed by atoms with Gasteiger partial charge in [-0.25, -0.2) is 9.37 Å². The number of thiazole rings is 1. The molecule has 2 aromatic rings. The number of halogens is 1. The lowest BCUT2D eigenvalue weighted by atomic mass is 10.1. The van der Waals surface area contributed by atoms with Crippen molar-refractivity contribution in [3.63, 3.8) is 0 Å². The maximum absolute atomic E-state index is 14.3. The van der Waals surface area contributed by atoms with Crippen LogP contribution in [0.4, 0.5) is 9.39 Å². The highest BCUT2D eigenvalue weighted by atomic mass is 32.1. The first-order valence-corrected chi connectivity index (χ1v) is 11.5. The Morgan fingerprint density at radius 3 is 2.91 bits per heavy atom. The van der Waals surface area contributed by atoms with Gasteiger partial charge in [0.15, 0.2) is 5.69 Å². The maximum Gasteiger partial charge on any atom is 0.277 e. The molecule has 172 valence electrons. The molecule has 0 spiro atoms. The molecular weight excluding hydrogens is 429 g/mol. The molecule has 1 aromatic heterocycles. The molecule has 2 heterocycles. The van der Waals surface area contributed by atoms with Crippen LogP contribution in [-0.4, -0.2) is 47.7 Å². The summed E-state index contributed by atoms with van der Waals surface area (Å²) in [5.74, 6) is -0.299. The molecule has 1 aliphatic heterocycles. The quantitative estimate of drug-likeness (QED) is 0.404. The average molecular weight is 460 g/mol. The van der Waals surface area contributed by atoms with Crippen molar-refractivity contribution < 1.29 is 9.18 Å². The number of nitrogens with zero attached hydrogens (tertiary/aromatic N) is 2. The highest BCUT2D eigenvalue weighted by molar-refractivity contribution is 7.19. The summed E-state index contributed by atoms with van der Waals surface area (Å²) < 4.78 is 14.3. The summed E-state index contributed by atoms with van der Waals surface area (Å²) in [5, 5.41) is 14.4. The lowest BCUT2D eigenvalue weighted by molar-refractivity contribution is 0.0963. The fraction of sp³-hybridized carbons (Fsp3) is 0.409. The van der Waals surface area contributed by atoms with Crippen molar-refractivity contribution in [2.45, 2.75) is 39.2 Å². The summed E-state index contributed by atoms with van der Waals surface area (Å²) in [6.07, 6.45) is 3.80. The molecule has 10 heteroatoms. The van der Waals surface area contributed by atoms with Gasteiger partial charge in [-0.2, -0.15) is 0 Å². The molecule has 1 saturated heterocycles. The lowest BCUT2D eigenvalue weighted by Gasteiger charge is -2.28. The summed E-state index contributed by atoms with van der Waals surface area (Å²) in [4.78, 5) is 19.4. The molecule has 1 amide bonds. The maximum atomic E-state index is 14.3. The van der Waals surface area contributed by atoms with Crippen molar-refractivity contribution in [2.75, 3.05) is 25.4 Å². The van der Waals surface area contributed by atoms with Crippen LogP contribution < -0.4 is 22.1 Å². The molecule has 0 saturated carbocycles. The van der Waals surface area contributed by atoms with Gasteiger partial charge in [0, 0.05) is 37.5 Å². The van der Waals surface area contributed by atoms with E-state index in [9.17, 15) is 9.18 Å². The first-order chi connectivity index (χ1) is 15.3. The summed E-state index contributed by atoms with van der Waals surface area (Å²) in [6, 6.07) is 4.86. The van der Waals surface area contributed by atoms with Crippen LogP contribution >= 0.6 is 11.3 Å². The molecule has 0 aliphatic carbocycles. The Labute approximate surface area is 191 Å². The van der Waals surface area contributed by atoms with Crippen LogP contribution in [0, 0.1) is 18.2 Å². The number of anilines is 1. The van der Waals surface area contributed by atoms with Crippen molar-refractivity contribution in [1.82, 2.24) is 20.5 Å². The Morgan fingerprint density at radius 1 is 1.41 bits per heavy atom. The number of aryl methyl sites for hydroxylation is 1. The lowest BCUT2D eigenvalue weighted by Crippen LogP contribution is -2.38.